The zero-order valence-corrected chi connectivity index (χ0v) is 61.3. The van der Waals surface area contributed by atoms with Crippen molar-refractivity contribution in [2.24, 2.45) is 0 Å². The molecule has 0 aliphatic carbocycles. The molecule has 0 amide bonds. The van der Waals surface area contributed by atoms with Crippen LogP contribution >= 0.6 is 11.6 Å². The van der Waals surface area contributed by atoms with Gasteiger partial charge in [0.25, 0.3) is 21.6 Å². The van der Waals surface area contributed by atoms with E-state index >= 15 is 8.42 Å². The first-order valence-corrected chi connectivity index (χ1v) is 38.5. The predicted octanol–water partition coefficient (Wildman–Crippen LogP) is 10.2. The normalized spacial score (nSPS) is 19.3. The second kappa shape index (κ2) is 28.9. The average molecular weight is 1430 g/mol. The number of unbranched alkanes of at least 4 members (excludes halogenated alkanes) is 2. The molecule has 0 saturated heterocycles. The summed E-state index contributed by atoms with van der Waals surface area (Å²) >= 11 is 6.88. The van der Waals surface area contributed by atoms with Crippen LogP contribution in [0.25, 0.3) is 32.3 Å². The number of allylic oxidation sites excluding steroid dienone is 8. The van der Waals surface area contributed by atoms with Crippen molar-refractivity contribution in [1.29, 1.82) is 0 Å². The number of hydrogen-bond acceptors (Lipinski definition) is 12. The summed E-state index contributed by atoms with van der Waals surface area (Å²) in [5.74, 6) is -0.429. The molecule has 2 unspecified atom stereocenters. The van der Waals surface area contributed by atoms with E-state index in [-0.39, 0.29) is 17.2 Å². The Morgan fingerprint density at radius 3 is 1.27 bits per heavy atom. The van der Waals surface area contributed by atoms with Crippen LogP contribution in [0.2, 0.25) is 5.02 Å². The lowest BCUT2D eigenvalue weighted by atomic mass is 9.74. The summed E-state index contributed by atoms with van der Waals surface area (Å²) in [4.78, 5) is 5.08. The SMILES string of the molecule is CCCCN1C(=CC=CC2=[N+](CS(=O)(=O)C[N+]3=C(C=CC=C4N(CCCC)c5ccc6ccccc6c5C4(C)Cc4ccc(C)cc4)C(C)(C)c4c3ccc3ccccc43)c3ccc4ccccc4c3C2(C)C)C(C)(Cc2ccc(C)cc2)c2cc(Cl)ccc21.[O-][Cl+3]([O-])([O-])[O-].[O-][Cl+3]([O-])([O-])[O-]. The fourth-order valence-corrected chi connectivity index (χ4v) is 17.5. The van der Waals surface area contributed by atoms with Crippen molar-refractivity contribution in [3.05, 3.63) is 273 Å². The van der Waals surface area contributed by atoms with Crippen molar-refractivity contribution in [2.75, 3.05) is 34.6 Å². The molecule has 2 atom stereocenters. The van der Waals surface area contributed by atoms with Gasteiger partial charge in [-0.1, -0.05) is 189 Å². The van der Waals surface area contributed by atoms with Crippen LogP contribution in [0.3, 0.4) is 0 Å². The Hall–Kier alpha value is -7.84. The van der Waals surface area contributed by atoms with E-state index in [9.17, 15) is 0 Å². The first kappa shape index (κ1) is 73.4. The molecular weight excluding hydrogens is 1340 g/mol. The number of anilines is 2. The van der Waals surface area contributed by atoms with Crippen LogP contribution in [0, 0.1) is 34.3 Å². The summed E-state index contributed by atoms with van der Waals surface area (Å²) in [6.07, 6.45) is 19.3. The van der Waals surface area contributed by atoms with Gasteiger partial charge in [0.05, 0.1) is 10.8 Å². The number of benzene rings is 9. The molecule has 100 heavy (non-hydrogen) atoms. The number of sulfone groups is 1. The van der Waals surface area contributed by atoms with Crippen LogP contribution in [0.4, 0.5) is 22.7 Å². The highest BCUT2D eigenvalue weighted by Gasteiger charge is 2.51. The van der Waals surface area contributed by atoms with Crippen molar-refractivity contribution in [2.45, 2.75) is 129 Å². The van der Waals surface area contributed by atoms with Crippen LogP contribution in [0.5, 0.6) is 0 Å². The number of fused-ring (bicyclic) bond motifs is 10. The Labute approximate surface area is 596 Å². The van der Waals surface area contributed by atoms with Gasteiger partial charge in [-0.15, -0.1) is 20.5 Å². The maximum Gasteiger partial charge on any atom is 0.270 e. The van der Waals surface area contributed by atoms with E-state index < -0.39 is 46.6 Å². The molecule has 0 radical (unpaired) electrons. The molecule has 13 rings (SSSR count). The summed E-state index contributed by atoms with van der Waals surface area (Å²) in [6.45, 7) is 24.4. The summed E-state index contributed by atoms with van der Waals surface area (Å²) in [7, 11) is -13.8. The third-order valence-corrected chi connectivity index (χ3v) is 21.8. The minimum atomic E-state index is -4.94. The molecule has 0 bridgehead atoms. The maximum atomic E-state index is 16.0. The van der Waals surface area contributed by atoms with Gasteiger partial charge >= 0.3 is 0 Å². The highest BCUT2D eigenvalue weighted by Crippen LogP contribution is 2.55. The topological polar surface area (TPSA) is 231 Å². The Balaban J connectivity index is 0.000000943. The quantitative estimate of drug-likeness (QED) is 0.0731. The van der Waals surface area contributed by atoms with E-state index in [0.717, 1.165) is 112 Å². The summed E-state index contributed by atoms with van der Waals surface area (Å²) in [6, 6.07) is 63.5. The fourth-order valence-electron chi connectivity index (χ4n) is 15.9. The van der Waals surface area contributed by atoms with Crippen LogP contribution in [-0.4, -0.2) is 53.8 Å². The first-order chi connectivity index (χ1) is 47.3. The van der Waals surface area contributed by atoms with Gasteiger partial charge in [-0.05, 0) is 184 Å². The molecule has 520 valence electrons. The van der Waals surface area contributed by atoms with E-state index in [1.807, 2.05) is 6.07 Å². The van der Waals surface area contributed by atoms with Crippen molar-refractivity contribution >= 4 is 87.9 Å². The Bertz CT molecular complexity index is 4890. The zero-order chi connectivity index (χ0) is 71.9. The van der Waals surface area contributed by atoms with Crippen LogP contribution < -0.4 is 47.1 Å². The van der Waals surface area contributed by atoms with Crippen LogP contribution in [0.1, 0.15) is 126 Å². The zero-order valence-electron chi connectivity index (χ0n) is 58.2. The molecule has 9 aromatic carbocycles. The third-order valence-electron chi connectivity index (χ3n) is 20.3. The summed E-state index contributed by atoms with van der Waals surface area (Å²) < 4.78 is 104. The fraction of sp³-hybridized carbons (Fsp3) is 0.293. The minimum absolute atomic E-state index is 0.214. The van der Waals surface area contributed by atoms with Gasteiger partial charge in [-0.3, -0.25) is 0 Å². The van der Waals surface area contributed by atoms with Crippen LogP contribution in [-0.2, 0) is 44.3 Å². The Morgan fingerprint density at radius 1 is 0.470 bits per heavy atom. The van der Waals surface area contributed by atoms with Gasteiger partial charge in [0.2, 0.25) is 11.4 Å². The second-order valence-corrected chi connectivity index (χ2v) is 32.1. The van der Waals surface area contributed by atoms with Gasteiger partial charge < -0.3 is 9.80 Å². The van der Waals surface area contributed by atoms with Crippen LogP contribution in [0.15, 0.2) is 224 Å². The summed E-state index contributed by atoms with van der Waals surface area (Å²) in [5, 5.41) is 7.77. The van der Waals surface area contributed by atoms with Crippen molar-refractivity contribution in [3.63, 3.8) is 0 Å². The number of aryl methyl sites for hydroxylation is 2. The van der Waals surface area contributed by atoms with E-state index in [2.05, 4.69) is 295 Å². The van der Waals surface area contributed by atoms with Crippen molar-refractivity contribution in [1.82, 2.24) is 0 Å². The van der Waals surface area contributed by atoms with Crippen molar-refractivity contribution < 1.29 is 75.3 Å². The molecular formula is C82H85Cl3N4O10S. The molecule has 14 nitrogen and oxygen atoms in total. The Morgan fingerprint density at radius 2 is 0.840 bits per heavy atom. The highest BCUT2D eigenvalue weighted by atomic mass is 35.7. The standard InChI is InChI=1S/C82H85ClN4O2S.2ClHO4/c1-11-13-49-84-68-48-44-63(83)51-67(68)81(9,52-58-37-33-56(3)34-38-58)74(84)31-21-29-72-79(5,6)76-64-26-18-15-23-60(64)41-45-69(76)86(72)54-90(88,89)55-87-70-46-42-61-24-16-19-27-65(61)77(70)80(7,8)73(87)30-22-32-75-82(10,53-59-39-35-57(4)36-40-59)78-66-28-20-17-25-62(66)43-47-71(78)85(75)50-14-12-2;2*2-1(3,4)5/h15-48,51H,11-14,49-50,52-55H2,1-10H3;2*(H,2,3,4,5)/q+2;;/p-2. The molecule has 9 aromatic rings. The largest absolute Gasteiger partial charge is 0.344 e. The van der Waals surface area contributed by atoms with Gasteiger partial charge in [0, 0.05) is 87.1 Å². The molecule has 0 N–H and O–H groups in total. The van der Waals surface area contributed by atoms with Gasteiger partial charge in [-0.25, -0.2) is 45.7 Å². The number of rotatable bonds is 18. The van der Waals surface area contributed by atoms with E-state index in [1.54, 1.807) is 0 Å². The van der Waals surface area contributed by atoms with Crippen molar-refractivity contribution in [3.8, 4) is 0 Å². The predicted molar refractivity (Wildman–Crippen MR) is 381 cm³/mol. The lowest BCUT2D eigenvalue weighted by Crippen LogP contribution is -2.68. The molecule has 0 fully saturated rings. The molecule has 18 heteroatoms. The third kappa shape index (κ3) is 15.2. The van der Waals surface area contributed by atoms with Gasteiger partial charge in [0.1, 0.15) is 0 Å². The second-order valence-electron chi connectivity index (χ2n) is 28.2. The monoisotopic (exact) mass is 1420 g/mol. The average Bonchev–Trinajstić information content (AvgIpc) is 1.58. The number of hydrogen-bond donors (Lipinski definition) is 0. The van der Waals surface area contributed by atoms with E-state index in [4.69, 9.17) is 48.9 Å². The lowest BCUT2D eigenvalue weighted by Gasteiger charge is -2.31. The molecule has 0 saturated carbocycles. The lowest BCUT2D eigenvalue weighted by molar-refractivity contribution is -2.00. The first-order valence-electron chi connectivity index (χ1n) is 33.8. The maximum absolute atomic E-state index is 16.0. The van der Waals surface area contributed by atoms with Gasteiger partial charge in [0.15, 0.2) is 11.4 Å². The molecule has 0 aromatic heterocycles. The minimum Gasteiger partial charge on any atom is -0.344 e. The summed E-state index contributed by atoms with van der Waals surface area (Å²) in [5.41, 5.74) is 16.6. The van der Waals surface area contributed by atoms with E-state index in [0.29, 0.717) is 0 Å². The number of nitrogens with zero attached hydrogens (tertiary/aromatic N) is 4. The smallest absolute Gasteiger partial charge is 0.270 e. The molecule has 4 aliphatic heterocycles. The highest BCUT2D eigenvalue weighted by molar-refractivity contribution is 7.91. The van der Waals surface area contributed by atoms with Gasteiger partial charge in [-0.2, -0.15) is 9.15 Å². The molecule has 4 aliphatic rings. The molecule has 0 spiro atoms. The Kier molecular flexibility index (Phi) is 21.2. The molecule has 4 heterocycles. The number of halogens is 3. The van der Waals surface area contributed by atoms with E-state index in [1.165, 1.54) is 66.9 Å².